The molecular formula is C17H23F3O4. The quantitative estimate of drug-likeness (QED) is 0.796. The van der Waals surface area contributed by atoms with Crippen molar-refractivity contribution >= 4 is 0 Å². The zero-order valence-electron chi connectivity index (χ0n) is 13.5. The molecule has 4 bridgehead atoms. The molecule has 5 rings (SSSR count). The smallest absolute Gasteiger partial charge is 0.371 e. The van der Waals surface area contributed by atoms with Gasteiger partial charge in [-0.1, -0.05) is 6.08 Å². The highest BCUT2D eigenvalue weighted by Gasteiger charge is 2.70. The van der Waals surface area contributed by atoms with Crippen LogP contribution in [0.4, 0.5) is 13.2 Å². The average molecular weight is 348 g/mol. The molecule has 1 spiro atoms. The number of aliphatic hydroxyl groups is 1. The molecule has 1 heterocycles. The third kappa shape index (κ3) is 2.28. The third-order valence-corrected chi connectivity index (χ3v) is 6.61. The largest absolute Gasteiger partial charge is 0.443 e. The Bertz CT molecular complexity index is 518. The van der Waals surface area contributed by atoms with Gasteiger partial charge in [-0.25, -0.2) is 0 Å². The molecule has 0 radical (unpaired) electrons. The Morgan fingerprint density at radius 2 is 1.83 bits per heavy atom. The van der Waals surface area contributed by atoms with E-state index in [2.05, 4.69) is 11.3 Å². The highest BCUT2D eigenvalue weighted by Crippen LogP contribution is 2.65. The number of halogens is 3. The Hall–Kier alpha value is -0.630. The normalized spacial score (nSPS) is 50.4. The van der Waals surface area contributed by atoms with Crippen molar-refractivity contribution in [2.75, 3.05) is 13.4 Å². The molecule has 1 N–H and O–H groups in total. The fraction of sp³-hybridized carbons (Fsp3) is 0.882. The lowest BCUT2D eigenvalue weighted by Crippen LogP contribution is -2.70. The minimum atomic E-state index is -4.82. The number of hydrogen-bond acceptors (Lipinski definition) is 4. The van der Waals surface area contributed by atoms with E-state index in [0.29, 0.717) is 25.4 Å². The van der Waals surface area contributed by atoms with Crippen LogP contribution in [0.5, 0.6) is 0 Å². The minimum absolute atomic E-state index is 0.0358. The van der Waals surface area contributed by atoms with Gasteiger partial charge in [0.2, 0.25) is 0 Å². The Labute approximate surface area is 138 Å². The minimum Gasteiger partial charge on any atom is -0.371 e. The van der Waals surface area contributed by atoms with Crippen LogP contribution in [-0.2, 0) is 14.2 Å². The predicted molar refractivity (Wildman–Crippen MR) is 77.8 cm³/mol. The summed E-state index contributed by atoms with van der Waals surface area (Å²) in [5, 5.41) is 10.1. The van der Waals surface area contributed by atoms with Crippen LogP contribution >= 0.6 is 0 Å². The summed E-state index contributed by atoms with van der Waals surface area (Å²) in [6.07, 6.45) is 0.348. The molecule has 5 aliphatic rings. The molecule has 0 amide bonds. The van der Waals surface area contributed by atoms with Gasteiger partial charge in [0.25, 0.3) is 5.79 Å². The maximum Gasteiger partial charge on any atom is 0.443 e. The molecule has 0 aromatic rings. The lowest BCUT2D eigenvalue weighted by atomic mass is 9.47. The van der Waals surface area contributed by atoms with Crippen LogP contribution in [0.1, 0.15) is 38.5 Å². The van der Waals surface area contributed by atoms with E-state index in [0.717, 1.165) is 19.3 Å². The van der Waals surface area contributed by atoms with Crippen molar-refractivity contribution < 1.29 is 32.5 Å². The van der Waals surface area contributed by atoms with Crippen molar-refractivity contribution in [2.24, 2.45) is 17.8 Å². The van der Waals surface area contributed by atoms with Crippen LogP contribution in [0.25, 0.3) is 0 Å². The highest BCUT2D eigenvalue weighted by atomic mass is 19.4. The van der Waals surface area contributed by atoms with Crippen LogP contribution in [-0.4, -0.2) is 41.7 Å². The van der Waals surface area contributed by atoms with E-state index in [-0.39, 0.29) is 17.4 Å². The number of rotatable bonds is 3. The molecule has 1 aliphatic heterocycles. The standard InChI is InChI=1S/C17H23F3O4/c1-2-3-22-14-6-11-4-12(7-14)15(13(5-11)8-14)9-16(21,17(18,19)20)24-10-23-15/h2,11-13,21H,1,3-10H2. The Balaban J connectivity index is 1.63. The summed E-state index contributed by atoms with van der Waals surface area (Å²) in [5.41, 5.74) is -1.23. The molecule has 5 fully saturated rings. The molecule has 7 heteroatoms. The molecule has 4 nitrogen and oxygen atoms in total. The van der Waals surface area contributed by atoms with Gasteiger partial charge in [-0.15, -0.1) is 6.58 Å². The average Bonchev–Trinajstić information content (AvgIpc) is 2.49. The van der Waals surface area contributed by atoms with Gasteiger partial charge in [-0.05, 0) is 49.9 Å². The van der Waals surface area contributed by atoms with Crippen molar-refractivity contribution in [1.82, 2.24) is 0 Å². The Kier molecular flexibility index (Phi) is 3.64. The van der Waals surface area contributed by atoms with E-state index in [1.54, 1.807) is 6.08 Å². The molecule has 136 valence electrons. The lowest BCUT2D eigenvalue weighted by molar-refractivity contribution is -0.445. The fourth-order valence-corrected chi connectivity index (χ4v) is 5.82. The summed E-state index contributed by atoms with van der Waals surface area (Å²) in [4.78, 5) is 0. The van der Waals surface area contributed by atoms with Gasteiger partial charge in [0, 0.05) is 6.42 Å². The zero-order valence-corrected chi connectivity index (χ0v) is 13.5. The van der Waals surface area contributed by atoms with Crippen LogP contribution in [0, 0.1) is 17.8 Å². The number of ether oxygens (including phenoxy) is 3. The van der Waals surface area contributed by atoms with Crippen molar-refractivity contribution in [3.8, 4) is 0 Å². The lowest BCUT2D eigenvalue weighted by Gasteiger charge is -2.66. The van der Waals surface area contributed by atoms with Crippen LogP contribution < -0.4 is 0 Å². The Morgan fingerprint density at radius 3 is 2.42 bits per heavy atom. The van der Waals surface area contributed by atoms with Gasteiger partial charge in [0.05, 0.1) is 17.8 Å². The first kappa shape index (κ1) is 16.8. The van der Waals surface area contributed by atoms with Crippen LogP contribution in [0.15, 0.2) is 12.7 Å². The topological polar surface area (TPSA) is 47.9 Å². The van der Waals surface area contributed by atoms with Gasteiger partial charge < -0.3 is 19.3 Å². The molecule has 3 unspecified atom stereocenters. The summed E-state index contributed by atoms with van der Waals surface area (Å²) in [6.45, 7) is 3.62. The van der Waals surface area contributed by atoms with Gasteiger partial charge in [-0.3, -0.25) is 0 Å². The summed E-state index contributed by atoms with van der Waals surface area (Å²) in [6, 6.07) is 0. The maximum absolute atomic E-state index is 13.3. The summed E-state index contributed by atoms with van der Waals surface area (Å²) in [5.74, 6) is -2.73. The van der Waals surface area contributed by atoms with Gasteiger partial charge in [-0.2, -0.15) is 13.2 Å². The predicted octanol–water partition coefficient (Wildman–Crippen LogP) is 3.15. The van der Waals surface area contributed by atoms with E-state index in [1.165, 1.54) is 0 Å². The first-order valence-electron chi connectivity index (χ1n) is 8.54. The first-order valence-corrected chi connectivity index (χ1v) is 8.54. The van der Waals surface area contributed by atoms with Crippen LogP contribution in [0.3, 0.4) is 0 Å². The molecule has 4 aliphatic carbocycles. The third-order valence-electron chi connectivity index (χ3n) is 6.61. The number of alkyl halides is 3. The second kappa shape index (κ2) is 5.19. The summed E-state index contributed by atoms with van der Waals surface area (Å²) in [7, 11) is 0. The summed E-state index contributed by atoms with van der Waals surface area (Å²) < 4.78 is 56.4. The van der Waals surface area contributed by atoms with Gasteiger partial charge >= 0.3 is 6.18 Å². The molecule has 0 aromatic carbocycles. The van der Waals surface area contributed by atoms with Crippen molar-refractivity contribution in [3.63, 3.8) is 0 Å². The summed E-state index contributed by atoms with van der Waals surface area (Å²) >= 11 is 0. The molecule has 0 aromatic heterocycles. The van der Waals surface area contributed by atoms with Crippen molar-refractivity contribution in [1.29, 1.82) is 0 Å². The maximum atomic E-state index is 13.3. The molecular weight excluding hydrogens is 325 g/mol. The Morgan fingerprint density at radius 1 is 1.17 bits per heavy atom. The van der Waals surface area contributed by atoms with Gasteiger partial charge in [0.1, 0.15) is 0 Å². The zero-order chi connectivity index (χ0) is 17.2. The van der Waals surface area contributed by atoms with E-state index >= 15 is 0 Å². The fourth-order valence-electron chi connectivity index (χ4n) is 5.82. The van der Waals surface area contributed by atoms with Crippen LogP contribution in [0.2, 0.25) is 0 Å². The highest BCUT2D eigenvalue weighted by molar-refractivity contribution is 5.15. The van der Waals surface area contributed by atoms with Crippen molar-refractivity contribution in [3.05, 3.63) is 12.7 Å². The monoisotopic (exact) mass is 348 g/mol. The van der Waals surface area contributed by atoms with E-state index in [4.69, 9.17) is 9.47 Å². The molecule has 24 heavy (non-hydrogen) atoms. The SMILES string of the molecule is C=CCOC12CC3CC(C1)C1(CC(O)(C(F)(F)F)OCO1)C(C3)C2. The molecule has 1 saturated heterocycles. The van der Waals surface area contributed by atoms with E-state index < -0.39 is 30.8 Å². The second-order valence-electron chi connectivity index (χ2n) is 7.95. The molecule has 4 saturated carbocycles. The molecule has 3 atom stereocenters. The van der Waals surface area contributed by atoms with Gasteiger partial charge in [0.15, 0.2) is 6.79 Å². The van der Waals surface area contributed by atoms with E-state index in [1.807, 2.05) is 0 Å². The first-order chi connectivity index (χ1) is 11.2. The van der Waals surface area contributed by atoms with Crippen molar-refractivity contribution in [2.45, 2.75) is 61.7 Å². The number of hydrogen-bond donors (Lipinski definition) is 1. The second-order valence-corrected chi connectivity index (χ2v) is 7.95. The van der Waals surface area contributed by atoms with E-state index in [9.17, 15) is 18.3 Å².